The third-order valence-electron chi connectivity index (χ3n) is 8.30. The van der Waals surface area contributed by atoms with E-state index in [9.17, 15) is 4.79 Å². The summed E-state index contributed by atoms with van der Waals surface area (Å²) in [6.45, 7) is 10.2. The molecular formula is C25H40N3O3+. The second-order valence-corrected chi connectivity index (χ2v) is 9.85. The molecular weight excluding hydrogens is 390 g/mol. The van der Waals surface area contributed by atoms with Crippen LogP contribution in [0.4, 0.5) is 11.4 Å². The molecule has 0 saturated carbocycles. The Bertz CT molecular complexity index is 771. The smallest absolute Gasteiger partial charge is 0.312 e. The van der Waals surface area contributed by atoms with E-state index in [1.165, 1.54) is 49.9 Å². The topological polar surface area (TPSA) is 59.6 Å². The van der Waals surface area contributed by atoms with E-state index in [4.69, 9.17) is 9.47 Å². The minimum absolute atomic E-state index is 0.0932. The Balaban J connectivity index is 1.47. The lowest BCUT2D eigenvalue weighted by atomic mass is 9.77. The summed E-state index contributed by atoms with van der Waals surface area (Å²) in [4.78, 5) is 12.5. The van der Waals surface area contributed by atoms with Crippen molar-refractivity contribution in [2.24, 2.45) is 5.41 Å². The fraction of sp³-hybridized carbons (Fsp3) is 0.720. The molecule has 1 aromatic carbocycles. The van der Waals surface area contributed by atoms with Crippen LogP contribution in [0.1, 0.15) is 51.0 Å². The normalized spacial score (nSPS) is 30.3. The highest BCUT2D eigenvalue weighted by Gasteiger charge is 2.48. The molecule has 6 nitrogen and oxygen atoms in total. The lowest BCUT2D eigenvalue weighted by Gasteiger charge is -2.43. The first kappa shape index (κ1) is 22.6. The maximum absolute atomic E-state index is 12.5. The van der Waals surface area contributed by atoms with E-state index in [0.29, 0.717) is 25.3 Å². The van der Waals surface area contributed by atoms with Gasteiger partial charge in [0.15, 0.2) is 0 Å². The van der Waals surface area contributed by atoms with Gasteiger partial charge < -0.3 is 20.1 Å². The molecule has 1 unspecified atom stereocenters. The van der Waals surface area contributed by atoms with Crippen molar-refractivity contribution in [3.63, 3.8) is 0 Å². The Morgan fingerprint density at radius 3 is 2.74 bits per heavy atom. The average Bonchev–Trinajstić information content (AvgIpc) is 3.45. The molecule has 6 heteroatoms. The molecule has 31 heavy (non-hydrogen) atoms. The highest BCUT2D eigenvalue weighted by atomic mass is 16.5. The zero-order valence-corrected chi connectivity index (χ0v) is 19.5. The molecule has 0 radical (unpaired) electrons. The van der Waals surface area contributed by atoms with Crippen molar-refractivity contribution >= 4 is 17.3 Å². The first-order valence-corrected chi connectivity index (χ1v) is 12.1. The van der Waals surface area contributed by atoms with E-state index in [0.717, 1.165) is 43.4 Å². The molecule has 0 spiro atoms. The summed E-state index contributed by atoms with van der Waals surface area (Å²) in [5.74, 6) is -0.0932. The van der Waals surface area contributed by atoms with Crippen molar-refractivity contribution in [3.8, 4) is 0 Å². The molecule has 3 atom stereocenters. The third-order valence-corrected chi connectivity index (χ3v) is 8.30. The Morgan fingerprint density at radius 2 is 2.13 bits per heavy atom. The summed E-state index contributed by atoms with van der Waals surface area (Å²) in [5.41, 5.74) is 3.52. The molecule has 172 valence electrons. The number of hydrogen-bond donors (Lipinski definition) is 2. The van der Waals surface area contributed by atoms with Crippen molar-refractivity contribution in [2.45, 2.75) is 64.5 Å². The molecule has 3 fully saturated rings. The van der Waals surface area contributed by atoms with Crippen LogP contribution >= 0.6 is 0 Å². The Morgan fingerprint density at radius 1 is 1.32 bits per heavy atom. The molecule has 3 saturated heterocycles. The first-order chi connectivity index (χ1) is 15.0. The predicted octanol–water partition coefficient (Wildman–Crippen LogP) is 3.62. The SMILES string of the molecule is COC(=O)C1(CCNc2ccc([N+]3([C@H]4CCNC4)CCC[C@@H]3C)cc2C)CCOCC1. The van der Waals surface area contributed by atoms with Gasteiger partial charge in [-0.15, -0.1) is 0 Å². The number of ether oxygens (including phenoxy) is 2. The summed E-state index contributed by atoms with van der Waals surface area (Å²) in [5, 5.41) is 7.20. The molecule has 1 aromatic rings. The van der Waals surface area contributed by atoms with Crippen molar-refractivity contribution in [2.75, 3.05) is 51.8 Å². The van der Waals surface area contributed by atoms with Gasteiger partial charge in [-0.05, 0) is 44.7 Å². The van der Waals surface area contributed by atoms with E-state index in [1.807, 2.05) is 0 Å². The van der Waals surface area contributed by atoms with Crippen LogP contribution in [-0.2, 0) is 14.3 Å². The number of carbonyl (C=O) groups is 1. The highest BCUT2D eigenvalue weighted by molar-refractivity contribution is 5.77. The second kappa shape index (κ2) is 9.47. The van der Waals surface area contributed by atoms with Crippen molar-refractivity contribution in [1.82, 2.24) is 9.80 Å². The summed E-state index contributed by atoms with van der Waals surface area (Å²) in [7, 11) is 1.49. The highest BCUT2D eigenvalue weighted by Crippen LogP contribution is 2.41. The first-order valence-electron chi connectivity index (χ1n) is 12.1. The van der Waals surface area contributed by atoms with Gasteiger partial charge in [0.05, 0.1) is 25.1 Å². The molecule has 2 N–H and O–H groups in total. The molecule has 0 bridgehead atoms. The van der Waals surface area contributed by atoms with Gasteiger partial charge in [-0.3, -0.25) is 9.28 Å². The number of carbonyl (C=O) groups excluding carboxylic acids is 1. The van der Waals surface area contributed by atoms with Gasteiger partial charge in [0.25, 0.3) is 0 Å². The number of aryl methyl sites for hydroxylation is 1. The summed E-state index contributed by atoms with van der Waals surface area (Å²) >= 11 is 0. The molecule has 4 rings (SSSR count). The van der Waals surface area contributed by atoms with Gasteiger partial charge in [-0.2, -0.15) is 0 Å². The third kappa shape index (κ3) is 4.22. The zero-order chi connectivity index (χ0) is 21.9. The predicted molar refractivity (Wildman–Crippen MR) is 125 cm³/mol. The number of methoxy groups -OCH3 is 1. The largest absolute Gasteiger partial charge is 0.469 e. The van der Waals surface area contributed by atoms with Crippen LogP contribution in [-0.4, -0.2) is 64.6 Å². The minimum Gasteiger partial charge on any atom is -0.469 e. The fourth-order valence-corrected chi connectivity index (χ4v) is 6.35. The average molecular weight is 431 g/mol. The van der Waals surface area contributed by atoms with Crippen LogP contribution in [0.5, 0.6) is 0 Å². The maximum Gasteiger partial charge on any atom is 0.312 e. The second-order valence-electron chi connectivity index (χ2n) is 9.85. The Labute approximate surface area is 187 Å². The lowest BCUT2D eigenvalue weighted by Crippen LogP contribution is -2.59. The summed E-state index contributed by atoms with van der Waals surface area (Å²) < 4.78 is 11.8. The van der Waals surface area contributed by atoms with Crippen molar-refractivity contribution < 1.29 is 14.3 Å². The Hall–Kier alpha value is -1.63. The number of rotatable bonds is 7. The summed E-state index contributed by atoms with van der Waals surface area (Å²) in [6, 6.07) is 8.38. The minimum atomic E-state index is -0.413. The van der Waals surface area contributed by atoms with Crippen molar-refractivity contribution in [1.29, 1.82) is 0 Å². The summed E-state index contributed by atoms with van der Waals surface area (Å²) in [6.07, 6.45) is 6.15. The molecule has 3 aliphatic rings. The lowest BCUT2D eigenvalue weighted by molar-refractivity contribution is -0.159. The quantitative estimate of drug-likeness (QED) is 0.511. The number of hydrogen-bond acceptors (Lipinski definition) is 5. The van der Waals surface area contributed by atoms with Gasteiger partial charge in [0, 0.05) is 69.9 Å². The van der Waals surface area contributed by atoms with E-state index in [1.54, 1.807) is 0 Å². The molecule has 0 amide bonds. The molecule has 0 aliphatic carbocycles. The standard InChI is InChI=1S/C25H40N3O3/c1-19-17-21(28(14-4-5-20(28)2)22-8-12-26-18-22)6-7-23(19)27-13-9-25(24(29)30-3)10-15-31-16-11-25/h6-7,17,20,22,26-27H,4-5,8-16,18H2,1-3H3/q+1/t20-,22-,28?/m0/s1. The van der Waals surface area contributed by atoms with Gasteiger partial charge >= 0.3 is 5.97 Å². The van der Waals surface area contributed by atoms with E-state index < -0.39 is 5.41 Å². The van der Waals surface area contributed by atoms with Crippen LogP contribution in [0.25, 0.3) is 0 Å². The fourth-order valence-electron chi connectivity index (χ4n) is 6.35. The van der Waals surface area contributed by atoms with Crippen LogP contribution in [0.2, 0.25) is 0 Å². The number of nitrogens with zero attached hydrogens (tertiary/aromatic N) is 1. The van der Waals surface area contributed by atoms with Crippen LogP contribution in [0, 0.1) is 12.3 Å². The molecule has 0 aromatic heterocycles. The van der Waals surface area contributed by atoms with Gasteiger partial charge in [-0.1, -0.05) is 0 Å². The molecule has 3 heterocycles. The zero-order valence-electron chi connectivity index (χ0n) is 19.5. The van der Waals surface area contributed by atoms with Crippen LogP contribution in [0.15, 0.2) is 18.2 Å². The number of quaternary nitrogens is 1. The van der Waals surface area contributed by atoms with Gasteiger partial charge in [-0.25, -0.2) is 0 Å². The maximum atomic E-state index is 12.5. The van der Waals surface area contributed by atoms with Crippen LogP contribution < -0.4 is 15.1 Å². The van der Waals surface area contributed by atoms with E-state index >= 15 is 0 Å². The van der Waals surface area contributed by atoms with Gasteiger partial charge in [0.2, 0.25) is 0 Å². The van der Waals surface area contributed by atoms with E-state index in [-0.39, 0.29) is 5.97 Å². The van der Waals surface area contributed by atoms with Crippen molar-refractivity contribution in [3.05, 3.63) is 23.8 Å². The number of anilines is 1. The van der Waals surface area contributed by atoms with E-state index in [2.05, 4.69) is 42.7 Å². The number of likely N-dealkylation sites (tertiary alicyclic amines) is 1. The monoisotopic (exact) mass is 430 g/mol. The van der Waals surface area contributed by atoms with Crippen LogP contribution in [0.3, 0.4) is 0 Å². The number of nitrogens with one attached hydrogen (secondary N) is 2. The number of esters is 1. The molecule has 3 aliphatic heterocycles. The Kier molecular flexibility index (Phi) is 6.89. The van der Waals surface area contributed by atoms with Gasteiger partial charge in [0.1, 0.15) is 11.7 Å². The number of benzene rings is 1.